The van der Waals surface area contributed by atoms with Crippen LogP contribution in [0.5, 0.6) is 0 Å². The van der Waals surface area contributed by atoms with E-state index in [1.165, 1.54) is 23.9 Å². The summed E-state index contributed by atoms with van der Waals surface area (Å²) in [6.07, 6.45) is 1.76. The average molecular weight is 398 g/mol. The van der Waals surface area contributed by atoms with Crippen LogP contribution in [-0.4, -0.2) is 30.8 Å². The quantitative estimate of drug-likeness (QED) is 0.253. The molecule has 1 aromatic carbocycles. The summed E-state index contributed by atoms with van der Waals surface area (Å²) in [5.74, 6) is 1.58. The van der Waals surface area contributed by atoms with Crippen molar-refractivity contribution in [2.45, 2.75) is 38.2 Å². The largest absolute Gasteiger partial charge is 0.411 e. The first-order chi connectivity index (χ1) is 13.3. The second-order valence-corrected chi connectivity index (χ2v) is 7.48. The Labute approximate surface area is 165 Å². The van der Waals surface area contributed by atoms with E-state index in [1.807, 2.05) is 27.7 Å². The van der Waals surface area contributed by atoms with Crippen LogP contribution in [-0.2, 0) is 0 Å². The number of hydrogen-bond donors (Lipinski definition) is 0. The minimum absolute atomic E-state index is 0.00478. The summed E-state index contributed by atoms with van der Waals surface area (Å²) in [6.45, 7) is 7.62. The molecule has 0 aliphatic carbocycles. The zero-order chi connectivity index (χ0) is 20.3. The Morgan fingerprint density at radius 1 is 1.25 bits per heavy atom. The SMILES string of the molecule is CC(C)=Nc1nc(C)ncc1C(C)Sc1nnc(-c2ccc([N+](=O)[O-])cc2)o1. The first-order valence-corrected chi connectivity index (χ1v) is 9.32. The number of aromatic nitrogens is 4. The molecule has 1 unspecified atom stereocenters. The molecule has 0 fully saturated rings. The lowest BCUT2D eigenvalue weighted by molar-refractivity contribution is -0.384. The number of thioether (sulfide) groups is 1. The Kier molecular flexibility index (Phi) is 5.78. The highest BCUT2D eigenvalue weighted by Gasteiger charge is 2.18. The van der Waals surface area contributed by atoms with Gasteiger partial charge in [0, 0.05) is 40.4 Å². The summed E-state index contributed by atoms with van der Waals surface area (Å²) in [6, 6.07) is 5.95. The number of aryl methyl sites for hydroxylation is 1. The summed E-state index contributed by atoms with van der Waals surface area (Å²) in [5.41, 5.74) is 2.38. The summed E-state index contributed by atoms with van der Waals surface area (Å²) in [4.78, 5) is 23.5. The monoisotopic (exact) mass is 398 g/mol. The molecule has 2 heterocycles. The molecule has 0 N–H and O–H groups in total. The zero-order valence-corrected chi connectivity index (χ0v) is 16.6. The number of nitro groups is 1. The average Bonchev–Trinajstić information content (AvgIpc) is 3.09. The van der Waals surface area contributed by atoms with Crippen LogP contribution in [0, 0.1) is 17.0 Å². The van der Waals surface area contributed by atoms with Gasteiger partial charge in [0.25, 0.3) is 10.9 Å². The molecular formula is C18H18N6O3S. The number of aliphatic imine (C=N–C) groups is 1. The maximum absolute atomic E-state index is 10.8. The van der Waals surface area contributed by atoms with Crippen LogP contribution in [0.15, 0.2) is 45.1 Å². The van der Waals surface area contributed by atoms with Crippen molar-refractivity contribution in [2.75, 3.05) is 0 Å². The molecule has 9 nitrogen and oxygen atoms in total. The standard InChI is InChI=1S/C18H18N6O3S/c1-10(2)20-16-15(9-19-12(4)21-16)11(3)28-18-23-22-17(27-18)13-5-7-14(8-6-13)24(25)26/h5-9,11H,1-4H3. The smallest absolute Gasteiger partial charge is 0.277 e. The Morgan fingerprint density at radius 2 is 1.96 bits per heavy atom. The van der Waals surface area contributed by atoms with Gasteiger partial charge < -0.3 is 4.42 Å². The van der Waals surface area contributed by atoms with Crippen LogP contribution in [0.2, 0.25) is 0 Å². The van der Waals surface area contributed by atoms with Crippen LogP contribution < -0.4 is 0 Å². The van der Waals surface area contributed by atoms with Crippen LogP contribution in [0.25, 0.3) is 11.5 Å². The van der Waals surface area contributed by atoms with Crippen molar-refractivity contribution in [1.29, 1.82) is 0 Å². The van der Waals surface area contributed by atoms with E-state index >= 15 is 0 Å². The topological polar surface area (TPSA) is 120 Å². The van der Waals surface area contributed by atoms with Crippen molar-refractivity contribution < 1.29 is 9.34 Å². The Bertz CT molecular complexity index is 1030. The summed E-state index contributed by atoms with van der Waals surface area (Å²) in [5, 5.41) is 19.2. The van der Waals surface area contributed by atoms with Crippen molar-refractivity contribution in [3.05, 3.63) is 52.0 Å². The van der Waals surface area contributed by atoms with Gasteiger partial charge in [-0.15, -0.1) is 10.2 Å². The van der Waals surface area contributed by atoms with Crippen molar-refractivity contribution in [3.8, 4) is 11.5 Å². The number of non-ortho nitro benzene ring substituents is 1. The molecule has 0 aliphatic heterocycles. The van der Waals surface area contributed by atoms with Crippen LogP contribution >= 0.6 is 11.8 Å². The Morgan fingerprint density at radius 3 is 2.61 bits per heavy atom. The highest BCUT2D eigenvalue weighted by Crippen LogP contribution is 2.38. The summed E-state index contributed by atoms with van der Waals surface area (Å²) >= 11 is 1.37. The molecule has 0 saturated heterocycles. The van der Waals surface area contributed by atoms with Gasteiger partial charge in [0.1, 0.15) is 5.82 Å². The summed E-state index contributed by atoms with van der Waals surface area (Å²) in [7, 11) is 0. The lowest BCUT2D eigenvalue weighted by Crippen LogP contribution is -1.97. The van der Waals surface area contributed by atoms with Crippen molar-refractivity contribution in [3.63, 3.8) is 0 Å². The molecule has 3 aromatic rings. The van der Waals surface area contributed by atoms with Crippen LogP contribution in [0.4, 0.5) is 11.5 Å². The fraction of sp³-hybridized carbons (Fsp3) is 0.278. The Balaban J connectivity index is 1.80. The molecule has 28 heavy (non-hydrogen) atoms. The molecule has 10 heteroatoms. The van der Waals surface area contributed by atoms with Crippen molar-refractivity contribution in [1.82, 2.24) is 20.2 Å². The van der Waals surface area contributed by atoms with Crippen molar-refractivity contribution >= 4 is 29.0 Å². The second kappa shape index (κ2) is 8.26. The van der Waals surface area contributed by atoms with Gasteiger partial charge in [-0.2, -0.15) is 0 Å². The second-order valence-electron chi connectivity index (χ2n) is 6.19. The fourth-order valence-electron chi connectivity index (χ4n) is 2.37. The number of nitro benzene ring substituents is 1. The minimum Gasteiger partial charge on any atom is -0.411 e. The van der Waals surface area contributed by atoms with Gasteiger partial charge in [-0.05, 0) is 39.8 Å². The fourth-order valence-corrected chi connectivity index (χ4v) is 3.18. The zero-order valence-electron chi connectivity index (χ0n) is 15.8. The Hall–Kier alpha value is -3.14. The van der Waals surface area contributed by atoms with E-state index in [1.54, 1.807) is 18.3 Å². The highest BCUT2D eigenvalue weighted by molar-refractivity contribution is 7.99. The van der Waals surface area contributed by atoms with E-state index in [2.05, 4.69) is 25.2 Å². The molecule has 0 amide bonds. The summed E-state index contributed by atoms with van der Waals surface area (Å²) < 4.78 is 5.70. The number of rotatable bonds is 6. The molecular weight excluding hydrogens is 380 g/mol. The lowest BCUT2D eigenvalue weighted by atomic mass is 10.2. The van der Waals surface area contributed by atoms with E-state index in [0.29, 0.717) is 28.3 Å². The number of nitrogens with zero attached hydrogens (tertiary/aromatic N) is 6. The first kappa shape index (κ1) is 19.6. The van der Waals surface area contributed by atoms with Gasteiger partial charge >= 0.3 is 0 Å². The molecule has 0 saturated carbocycles. The third-order valence-corrected chi connectivity index (χ3v) is 4.67. The normalized spacial score (nSPS) is 11.9. The van der Waals surface area contributed by atoms with Gasteiger partial charge in [0.05, 0.1) is 4.92 Å². The predicted octanol–water partition coefficient (Wildman–Crippen LogP) is 4.71. The predicted molar refractivity (Wildman–Crippen MR) is 106 cm³/mol. The first-order valence-electron chi connectivity index (χ1n) is 8.44. The molecule has 0 bridgehead atoms. The molecule has 144 valence electrons. The minimum atomic E-state index is -0.456. The molecule has 0 spiro atoms. The molecule has 3 rings (SSSR count). The third kappa shape index (κ3) is 4.58. The molecule has 0 aliphatic rings. The molecule has 2 aromatic heterocycles. The van der Waals surface area contributed by atoms with E-state index in [-0.39, 0.29) is 10.9 Å². The van der Waals surface area contributed by atoms with Gasteiger partial charge in [0.2, 0.25) is 5.89 Å². The van der Waals surface area contributed by atoms with Gasteiger partial charge in [-0.3, -0.25) is 10.1 Å². The maximum atomic E-state index is 10.8. The van der Waals surface area contributed by atoms with E-state index in [4.69, 9.17) is 4.42 Å². The van der Waals surface area contributed by atoms with E-state index in [0.717, 1.165) is 11.3 Å². The lowest BCUT2D eigenvalue weighted by Gasteiger charge is -2.11. The third-order valence-electron chi connectivity index (χ3n) is 3.69. The van der Waals surface area contributed by atoms with Gasteiger partial charge in [0.15, 0.2) is 5.82 Å². The van der Waals surface area contributed by atoms with Crippen LogP contribution in [0.1, 0.15) is 37.4 Å². The molecule has 1 atom stereocenters. The van der Waals surface area contributed by atoms with E-state index in [9.17, 15) is 10.1 Å². The molecule has 0 radical (unpaired) electrons. The maximum Gasteiger partial charge on any atom is 0.277 e. The number of benzene rings is 1. The van der Waals surface area contributed by atoms with E-state index < -0.39 is 4.92 Å². The van der Waals surface area contributed by atoms with Crippen LogP contribution in [0.3, 0.4) is 0 Å². The van der Waals surface area contributed by atoms with Crippen molar-refractivity contribution in [2.24, 2.45) is 4.99 Å². The van der Waals surface area contributed by atoms with Gasteiger partial charge in [-0.25, -0.2) is 15.0 Å². The van der Waals surface area contributed by atoms with Gasteiger partial charge in [-0.1, -0.05) is 11.8 Å². The number of hydrogen-bond acceptors (Lipinski definition) is 9. The highest BCUT2D eigenvalue weighted by atomic mass is 32.2.